The predicted molar refractivity (Wildman–Crippen MR) is 135 cm³/mol. The molecular weight excluding hydrogens is 371 g/mol. The molecule has 0 fully saturated rings. The number of benzene rings is 1. The summed E-state index contributed by atoms with van der Waals surface area (Å²) in [5, 5.41) is 0. The van der Waals surface area contributed by atoms with Gasteiger partial charge in [0, 0.05) is 27.3 Å². The minimum atomic E-state index is -0.767. The normalized spacial score (nSPS) is 11.8. The Labute approximate surface area is 183 Å². The first-order valence-corrected chi connectivity index (χ1v) is 15.8. The molecule has 29 heavy (non-hydrogen) atoms. The highest BCUT2D eigenvalue weighted by atomic mass is 31.2. The highest BCUT2D eigenvalue weighted by Crippen LogP contribution is 2.50. The molecule has 0 aliphatic carbocycles. The van der Waals surface area contributed by atoms with Crippen molar-refractivity contribution in [2.75, 3.05) is 26.6 Å². The third-order valence-corrected chi connectivity index (χ3v) is 6.97. The zero-order chi connectivity index (χ0) is 21.4. The van der Waals surface area contributed by atoms with Crippen LogP contribution in [0.3, 0.4) is 0 Å². The van der Waals surface area contributed by atoms with Crippen LogP contribution in [0.4, 0.5) is 0 Å². The molecule has 0 heterocycles. The van der Waals surface area contributed by atoms with E-state index in [4.69, 9.17) is 4.74 Å². The van der Waals surface area contributed by atoms with Gasteiger partial charge in [-0.15, -0.1) is 0 Å². The maximum atomic E-state index is 6.04. The van der Waals surface area contributed by atoms with Crippen LogP contribution in [-0.4, -0.2) is 26.6 Å². The summed E-state index contributed by atoms with van der Waals surface area (Å²) in [6.45, 7) is 12.6. The maximum Gasteiger partial charge on any atom is 0.122 e. The van der Waals surface area contributed by atoms with E-state index in [0.29, 0.717) is 0 Å². The Morgan fingerprint density at radius 3 is 1.62 bits per heavy atom. The zero-order valence-electron chi connectivity index (χ0n) is 20.4. The fraction of sp³-hybridized carbons (Fsp3) is 0.778. The molecule has 0 saturated carbocycles. The van der Waals surface area contributed by atoms with Gasteiger partial charge in [-0.05, 0) is 36.6 Å². The molecule has 0 atom stereocenters. The van der Waals surface area contributed by atoms with Gasteiger partial charge >= 0.3 is 0 Å². The molecule has 1 rings (SSSR count). The fourth-order valence-corrected chi connectivity index (χ4v) is 5.29. The maximum absolute atomic E-state index is 6.04. The van der Waals surface area contributed by atoms with Crippen molar-refractivity contribution in [2.45, 2.75) is 110 Å². The summed E-state index contributed by atoms with van der Waals surface area (Å²) >= 11 is 0. The van der Waals surface area contributed by atoms with E-state index in [2.05, 4.69) is 52.0 Å². The van der Waals surface area contributed by atoms with Crippen LogP contribution in [0.25, 0.3) is 0 Å². The topological polar surface area (TPSA) is 9.23 Å². The van der Waals surface area contributed by atoms with E-state index < -0.39 is 7.26 Å². The quantitative estimate of drug-likeness (QED) is 0.169. The molecule has 0 aliphatic heterocycles. The van der Waals surface area contributed by atoms with Crippen LogP contribution in [0.5, 0.6) is 5.75 Å². The molecule has 0 aliphatic rings. The number of hydrogen-bond donors (Lipinski definition) is 0. The predicted octanol–water partition coefficient (Wildman–Crippen LogP) is 9.26. The van der Waals surface area contributed by atoms with Crippen LogP contribution >= 0.6 is 7.26 Å². The summed E-state index contributed by atoms with van der Waals surface area (Å²) in [4.78, 5) is 0. The Hall–Kier alpha value is -0.550. The van der Waals surface area contributed by atoms with E-state index >= 15 is 0 Å². The Kier molecular flexibility index (Phi) is 14.8. The van der Waals surface area contributed by atoms with Gasteiger partial charge < -0.3 is 4.74 Å². The molecule has 0 N–H and O–H groups in total. The van der Waals surface area contributed by atoms with E-state index in [1.165, 1.54) is 107 Å². The summed E-state index contributed by atoms with van der Waals surface area (Å²) in [6.07, 6.45) is 20.9. The highest BCUT2D eigenvalue weighted by Gasteiger charge is 2.18. The number of aryl methyl sites for hydroxylation is 1. The summed E-state index contributed by atoms with van der Waals surface area (Å²) in [5.41, 5.74) is 2.76. The van der Waals surface area contributed by atoms with Crippen molar-refractivity contribution in [3.8, 4) is 5.75 Å². The first-order chi connectivity index (χ1) is 13.9. The lowest BCUT2D eigenvalue weighted by molar-refractivity contribution is 0.302. The lowest BCUT2D eigenvalue weighted by Crippen LogP contribution is -2.00. The Morgan fingerprint density at radius 2 is 1.17 bits per heavy atom. The molecule has 0 unspecified atom stereocenters. The minimum Gasteiger partial charge on any atom is -0.493 e. The van der Waals surface area contributed by atoms with Crippen molar-refractivity contribution in [1.29, 1.82) is 0 Å². The van der Waals surface area contributed by atoms with Crippen LogP contribution in [0.1, 0.15) is 108 Å². The number of ether oxygens (including phenoxy) is 1. The van der Waals surface area contributed by atoms with Crippen LogP contribution in [-0.2, 0) is 6.16 Å². The van der Waals surface area contributed by atoms with Crippen molar-refractivity contribution < 1.29 is 4.74 Å². The third kappa shape index (κ3) is 15.0. The first-order valence-electron chi connectivity index (χ1n) is 12.4. The molecule has 1 aromatic carbocycles. The molecule has 1 nitrogen and oxygen atoms in total. The minimum absolute atomic E-state index is 0.767. The molecular formula is C27H50OP+. The van der Waals surface area contributed by atoms with Gasteiger partial charge in [0.2, 0.25) is 0 Å². The molecule has 0 spiro atoms. The van der Waals surface area contributed by atoms with Crippen molar-refractivity contribution in [3.63, 3.8) is 0 Å². The first kappa shape index (κ1) is 26.5. The van der Waals surface area contributed by atoms with Gasteiger partial charge in [-0.3, -0.25) is 0 Å². The second kappa shape index (κ2) is 16.2. The van der Waals surface area contributed by atoms with Gasteiger partial charge in [-0.1, -0.05) is 96.5 Å². The molecule has 0 aromatic heterocycles. The van der Waals surface area contributed by atoms with E-state index in [0.717, 1.165) is 12.4 Å². The molecule has 2 heteroatoms. The highest BCUT2D eigenvalue weighted by molar-refractivity contribution is 7.72. The number of rotatable bonds is 18. The van der Waals surface area contributed by atoms with E-state index in [9.17, 15) is 0 Å². The van der Waals surface area contributed by atoms with Crippen LogP contribution in [0, 0.1) is 6.92 Å². The Morgan fingerprint density at radius 1 is 0.690 bits per heavy atom. The summed E-state index contributed by atoms with van der Waals surface area (Å²) in [5.74, 6) is 1.08. The van der Waals surface area contributed by atoms with E-state index in [1.54, 1.807) is 0 Å². The lowest BCUT2D eigenvalue weighted by Gasteiger charge is -2.14. The monoisotopic (exact) mass is 421 g/mol. The molecule has 0 saturated heterocycles. The molecule has 0 amide bonds. The Bertz CT molecular complexity index is 518. The van der Waals surface area contributed by atoms with Gasteiger partial charge in [0.15, 0.2) is 0 Å². The van der Waals surface area contributed by atoms with Crippen LogP contribution in [0.15, 0.2) is 18.2 Å². The average molecular weight is 422 g/mol. The average Bonchev–Trinajstić information content (AvgIpc) is 2.65. The van der Waals surface area contributed by atoms with E-state index in [1.807, 2.05) is 0 Å². The van der Waals surface area contributed by atoms with Crippen molar-refractivity contribution in [2.24, 2.45) is 0 Å². The number of hydrogen-bond acceptors (Lipinski definition) is 1. The van der Waals surface area contributed by atoms with Gasteiger partial charge in [0.05, 0.1) is 12.8 Å². The van der Waals surface area contributed by atoms with Crippen molar-refractivity contribution >= 4 is 7.26 Å². The van der Waals surface area contributed by atoms with E-state index in [-0.39, 0.29) is 0 Å². The molecule has 168 valence electrons. The summed E-state index contributed by atoms with van der Waals surface area (Å²) < 4.78 is 6.04. The van der Waals surface area contributed by atoms with Gasteiger partial charge in [0.25, 0.3) is 0 Å². The third-order valence-electron chi connectivity index (χ3n) is 5.65. The van der Waals surface area contributed by atoms with Crippen molar-refractivity contribution in [1.82, 2.24) is 0 Å². The summed E-state index contributed by atoms with van der Waals surface area (Å²) in [6, 6.07) is 6.77. The fourth-order valence-electron chi connectivity index (χ4n) is 4.00. The SMILES string of the molecule is CCCCCCCCCCCCCCCCOc1ccc(C[P+](C)(C)C)cc1C. The molecule has 0 radical (unpaired) electrons. The molecule has 0 bridgehead atoms. The largest absolute Gasteiger partial charge is 0.493 e. The standard InChI is InChI=1S/C27H50OP/c1-6-7-8-9-10-11-12-13-14-15-16-17-18-19-22-28-27-21-20-26(23-25(27)2)24-29(3,4)5/h20-21,23H,6-19,22,24H2,1-5H3/q+1. The van der Waals surface area contributed by atoms with Crippen molar-refractivity contribution in [3.05, 3.63) is 29.3 Å². The lowest BCUT2D eigenvalue weighted by atomic mass is 10.0. The summed E-state index contributed by atoms with van der Waals surface area (Å²) in [7, 11) is -0.767. The van der Waals surface area contributed by atoms with Crippen LogP contribution in [0.2, 0.25) is 0 Å². The van der Waals surface area contributed by atoms with Gasteiger partial charge in [0.1, 0.15) is 5.75 Å². The smallest absolute Gasteiger partial charge is 0.122 e. The van der Waals surface area contributed by atoms with Gasteiger partial charge in [-0.2, -0.15) is 0 Å². The number of unbranched alkanes of at least 4 members (excludes halogenated alkanes) is 13. The van der Waals surface area contributed by atoms with Gasteiger partial charge in [-0.25, -0.2) is 0 Å². The van der Waals surface area contributed by atoms with Crippen LogP contribution < -0.4 is 4.74 Å². The zero-order valence-corrected chi connectivity index (χ0v) is 21.3. The second-order valence-electron chi connectivity index (χ2n) is 9.99. The Balaban J connectivity index is 1.96. The second-order valence-corrected chi connectivity index (χ2v) is 14.9. The molecule has 1 aromatic rings.